The van der Waals surface area contributed by atoms with Gasteiger partial charge >= 0.3 is 0 Å². The Morgan fingerprint density at radius 1 is 1.67 bits per heavy atom. The van der Waals surface area contributed by atoms with Crippen molar-refractivity contribution in [2.75, 3.05) is 7.11 Å². The number of hydrogen-bond acceptors (Lipinski definition) is 3. The van der Waals surface area contributed by atoms with E-state index < -0.39 is 12.0 Å². The number of quaternary nitrogens is 1. The number of halogens is 1. The summed E-state index contributed by atoms with van der Waals surface area (Å²) in [6, 6.07) is 4.59. The van der Waals surface area contributed by atoms with Gasteiger partial charge in [0.1, 0.15) is 11.8 Å². The third kappa shape index (κ3) is 3.11. The van der Waals surface area contributed by atoms with Crippen LogP contribution in [0, 0.1) is 0 Å². The van der Waals surface area contributed by atoms with E-state index in [9.17, 15) is 9.90 Å². The van der Waals surface area contributed by atoms with Crippen LogP contribution in [0.5, 0.6) is 5.75 Å². The first kappa shape index (κ1) is 11.8. The van der Waals surface area contributed by atoms with Gasteiger partial charge in [-0.05, 0) is 18.2 Å². The Kier molecular flexibility index (Phi) is 3.94. The summed E-state index contributed by atoms with van der Waals surface area (Å²) in [5.74, 6) is -0.558. The quantitative estimate of drug-likeness (QED) is 0.775. The van der Waals surface area contributed by atoms with Gasteiger partial charge in [0, 0.05) is 17.4 Å². The van der Waals surface area contributed by atoms with E-state index in [-0.39, 0.29) is 6.42 Å². The molecule has 0 heterocycles. The smallest absolute Gasteiger partial charge is 0.128 e. The zero-order chi connectivity index (χ0) is 11.4. The van der Waals surface area contributed by atoms with Crippen molar-refractivity contribution < 1.29 is 20.4 Å². The first-order valence-corrected chi connectivity index (χ1v) is 4.78. The molecule has 1 aromatic carbocycles. The molecule has 4 nitrogen and oxygen atoms in total. The summed E-state index contributed by atoms with van der Waals surface area (Å²) in [4.78, 5) is 10.4. The van der Waals surface area contributed by atoms with Crippen molar-refractivity contribution in [1.29, 1.82) is 0 Å². The third-order valence-electron chi connectivity index (χ3n) is 2.04. The van der Waals surface area contributed by atoms with Crippen molar-refractivity contribution in [3.05, 3.63) is 28.8 Å². The molecule has 1 aromatic rings. The van der Waals surface area contributed by atoms with Gasteiger partial charge in [0.15, 0.2) is 0 Å². The van der Waals surface area contributed by atoms with E-state index in [1.54, 1.807) is 18.2 Å². The average molecular weight is 230 g/mol. The standard InChI is InChI=1S/C10H12ClNO3/c1-15-9-3-2-6(11)4-7(9)8(12)5-10(13)14/h2-4,8H,5,12H2,1H3,(H,13,14)/t8-/m1/s1. The number of carboxylic acid groups (broad SMARTS) is 1. The molecule has 3 N–H and O–H groups in total. The van der Waals surface area contributed by atoms with Crippen LogP contribution in [0.25, 0.3) is 0 Å². The van der Waals surface area contributed by atoms with E-state index in [0.29, 0.717) is 16.3 Å². The van der Waals surface area contributed by atoms with Crippen LogP contribution >= 0.6 is 11.6 Å². The van der Waals surface area contributed by atoms with Crippen LogP contribution in [0.3, 0.4) is 0 Å². The monoisotopic (exact) mass is 229 g/mol. The highest BCUT2D eigenvalue weighted by molar-refractivity contribution is 6.30. The normalized spacial score (nSPS) is 12.2. The van der Waals surface area contributed by atoms with Crippen LogP contribution in [0.1, 0.15) is 18.0 Å². The van der Waals surface area contributed by atoms with Gasteiger partial charge in [0.2, 0.25) is 0 Å². The summed E-state index contributed by atoms with van der Waals surface area (Å²) >= 11 is 5.81. The molecule has 0 amide bonds. The molecule has 0 aliphatic rings. The number of carbonyl (C=O) groups is 1. The zero-order valence-corrected chi connectivity index (χ0v) is 9.08. The Hall–Kier alpha value is -1.26. The number of benzene rings is 1. The SMILES string of the molecule is COc1ccc(Cl)cc1[C@H]([NH3+])CC(=O)[O-]. The summed E-state index contributed by atoms with van der Waals surface area (Å²) in [6.45, 7) is 0. The van der Waals surface area contributed by atoms with Crippen LogP contribution < -0.4 is 15.6 Å². The molecule has 1 rings (SSSR count). The number of ether oxygens (including phenoxy) is 1. The van der Waals surface area contributed by atoms with Gasteiger partial charge in [-0.2, -0.15) is 0 Å². The highest BCUT2D eigenvalue weighted by Crippen LogP contribution is 2.27. The Balaban J connectivity index is 2.99. The molecule has 5 heteroatoms. The van der Waals surface area contributed by atoms with Crippen LogP contribution in [-0.2, 0) is 4.79 Å². The molecule has 0 unspecified atom stereocenters. The Bertz CT molecular complexity index is 368. The van der Waals surface area contributed by atoms with Crippen LogP contribution in [0.2, 0.25) is 5.02 Å². The Morgan fingerprint density at radius 3 is 2.87 bits per heavy atom. The topological polar surface area (TPSA) is 77.0 Å². The number of carbonyl (C=O) groups excluding carboxylic acids is 1. The maximum Gasteiger partial charge on any atom is 0.128 e. The minimum absolute atomic E-state index is 0.156. The minimum atomic E-state index is -1.14. The van der Waals surface area contributed by atoms with E-state index in [4.69, 9.17) is 16.3 Å². The second-order valence-electron chi connectivity index (χ2n) is 3.16. The highest BCUT2D eigenvalue weighted by atomic mass is 35.5. The van der Waals surface area contributed by atoms with E-state index in [1.165, 1.54) is 7.11 Å². The summed E-state index contributed by atoms with van der Waals surface area (Å²) in [6.07, 6.45) is -0.156. The fourth-order valence-electron chi connectivity index (χ4n) is 1.34. The van der Waals surface area contributed by atoms with Crippen LogP contribution in [-0.4, -0.2) is 13.1 Å². The molecule has 15 heavy (non-hydrogen) atoms. The fourth-order valence-corrected chi connectivity index (χ4v) is 1.52. The Labute approximate surface area is 92.6 Å². The largest absolute Gasteiger partial charge is 0.550 e. The van der Waals surface area contributed by atoms with E-state index in [0.717, 1.165) is 0 Å². The second kappa shape index (κ2) is 5.00. The van der Waals surface area contributed by atoms with Gasteiger partial charge in [-0.25, -0.2) is 0 Å². The van der Waals surface area contributed by atoms with Crippen molar-refractivity contribution in [3.8, 4) is 5.75 Å². The third-order valence-corrected chi connectivity index (χ3v) is 2.28. The molecule has 0 saturated carbocycles. The summed E-state index contributed by atoms with van der Waals surface area (Å²) in [7, 11) is 1.51. The first-order valence-electron chi connectivity index (χ1n) is 4.41. The molecule has 0 aliphatic carbocycles. The number of aliphatic carboxylic acids is 1. The van der Waals surface area contributed by atoms with Crippen molar-refractivity contribution in [2.24, 2.45) is 0 Å². The van der Waals surface area contributed by atoms with Crippen molar-refractivity contribution in [2.45, 2.75) is 12.5 Å². The van der Waals surface area contributed by atoms with E-state index >= 15 is 0 Å². The lowest BCUT2D eigenvalue weighted by atomic mass is 10.0. The van der Waals surface area contributed by atoms with E-state index in [2.05, 4.69) is 5.73 Å². The summed E-state index contributed by atoms with van der Waals surface area (Å²) in [5, 5.41) is 11.0. The van der Waals surface area contributed by atoms with Crippen molar-refractivity contribution in [1.82, 2.24) is 0 Å². The van der Waals surface area contributed by atoms with Gasteiger partial charge in [-0.1, -0.05) is 11.6 Å². The summed E-state index contributed by atoms with van der Waals surface area (Å²) in [5.41, 5.74) is 4.41. The first-order chi connectivity index (χ1) is 7.04. The number of rotatable bonds is 4. The van der Waals surface area contributed by atoms with Crippen LogP contribution in [0.4, 0.5) is 0 Å². The zero-order valence-electron chi connectivity index (χ0n) is 8.33. The molecule has 0 saturated heterocycles. The van der Waals surface area contributed by atoms with Crippen molar-refractivity contribution in [3.63, 3.8) is 0 Å². The lowest BCUT2D eigenvalue weighted by Crippen LogP contribution is -2.55. The molecule has 1 atom stereocenters. The maximum atomic E-state index is 10.4. The lowest BCUT2D eigenvalue weighted by molar-refractivity contribution is -0.430. The minimum Gasteiger partial charge on any atom is -0.550 e. The van der Waals surface area contributed by atoms with Gasteiger partial charge in [-0.15, -0.1) is 0 Å². The maximum absolute atomic E-state index is 10.4. The molecular formula is C10H12ClNO3. The molecule has 0 aromatic heterocycles. The molecular weight excluding hydrogens is 218 g/mol. The predicted molar refractivity (Wildman–Crippen MR) is 53.3 cm³/mol. The molecule has 0 bridgehead atoms. The molecule has 0 aliphatic heterocycles. The van der Waals surface area contributed by atoms with Crippen LogP contribution in [0.15, 0.2) is 18.2 Å². The predicted octanol–water partition coefficient (Wildman–Crippen LogP) is -0.228. The molecule has 82 valence electrons. The number of carboxylic acids is 1. The molecule has 0 fully saturated rings. The van der Waals surface area contributed by atoms with E-state index in [1.807, 2.05) is 0 Å². The van der Waals surface area contributed by atoms with Gasteiger partial charge in [0.25, 0.3) is 0 Å². The van der Waals surface area contributed by atoms with Gasteiger partial charge in [0.05, 0.1) is 12.7 Å². The lowest BCUT2D eigenvalue weighted by Gasteiger charge is -2.13. The highest BCUT2D eigenvalue weighted by Gasteiger charge is 2.15. The fraction of sp³-hybridized carbons (Fsp3) is 0.300. The van der Waals surface area contributed by atoms with Crippen molar-refractivity contribution >= 4 is 17.6 Å². The van der Waals surface area contributed by atoms with Gasteiger partial charge < -0.3 is 20.4 Å². The van der Waals surface area contributed by atoms with Gasteiger partial charge in [-0.3, -0.25) is 0 Å². The second-order valence-corrected chi connectivity index (χ2v) is 3.60. The summed E-state index contributed by atoms with van der Waals surface area (Å²) < 4.78 is 5.09. The molecule has 0 radical (unpaired) electrons. The number of hydrogen-bond donors (Lipinski definition) is 1. The average Bonchev–Trinajstić information content (AvgIpc) is 2.16. The molecule has 0 spiro atoms. The number of methoxy groups -OCH3 is 1. The Morgan fingerprint density at radius 2 is 2.33 bits per heavy atom.